The topological polar surface area (TPSA) is 697 Å². The molecular weight excluding hydrogens is 1920 g/mol. The van der Waals surface area contributed by atoms with E-state index in [0.717, 1.165) is 97.1 Å². The fourth-order valence-corrected chi connectivity index (χ4v) is 15.3. The van der Waals surface area contributed by atoms with Gasteiger partial charge in [0.2, 0.25) is 68.7 Å². The summed E-state index contributed by atoms with van der Waals surface area (Å²) in [6.45, 7) is 0. The van der Waals surface area contributed by atoms with Crippen LogP contribution in [0.25, 0.3) is 24.3 Å². The quantitative estimate of drug-likeness (QED) is 0.0139. The number of aromatic nitrogens is 12. The third-order valence-corrected chi connectivity index (χ3v) is 22.8. The maximum Gasteiger partial charge on any atom is 1.00 e. The first-order valence-corrected chi connectivity index (χ1v) is 44.8. The van der Waals surface area contributed by atoms with Crippen molar-refractivity contribution < 1.29 is 222 Å². The summed E-state index contributed by atoms with van der Waals surface area (Å²) in [7, 11) is -38.5. The average molecular weight is 1970 g/mol. The van der Waals surface area contributed by atoms with Crippen LogP contribution >= 0.6 is 46.4 Å². The van der Waals surface area contributed by atoms with Crippen molar-refractivity contribution >= 4 is 245 Å². The van der Waals surface area contributed by atoms with E-state index in [-0.39, 0.29) is 274 Å². The van der Waals surface area contributed by atoms with E-state index >= 15 is 0 Å². The van der Waals surface area contributed by atoms with Gasteiger partial charge >= 0.3 is 118 Å². The molecule has 0 saturated heterocycles. The Labute approximate surface area is 811 Å². The number of benzene rings is 8. The summed E-state index contributed by atoms with van der Waals surface area (Å²) in [5.41, 5.74) is 0.257. The molecule has 60 heteroatoms. The molecule has 624 valence electrons. The van der Waals surface area contributed by atoms with Crippen LogP contribution in [0, 0.1) is 0 Å². The fraction of sp³-hybridized carbons (Fsp3) is 0. The number of nitrogens with one attached hydrogen (secondary N) is 8. The van der Waals surface area contributed by atoms with Crippen molar-refractivity contribution in [1.82, 2.24) is 59.8 Å². The molecule has 4 aromatic heterocycles. The molecule has 44 nitrogen and oxygen atoms in total. The van der Waals surface area contributed by atoms with Crippen molar-refractivity contribution in [1.29, 1.82) is 0 Å². The van der Waals surface area contributed by atoms with E-state index in [9.17, 15) is 104 Å². The third kappa shape index (κ3) is 29.6. The number of rotatable bonds is 28. The molecule has 0 saturated carbocycles. The van der Waals surface area contributed by atoms with Crippen molar-refractivity contribution in [2.24, 2.45) is 0 Å². The van der Waals surface area contributed by atoms with E-state index in [1.807, 2.05) is 0 Å². The molecule has 12 aromatic rings. The summed E-state index contributed by atoms with van der Waals surface area (Å²) in [5, 5.41) is 20.4. The van der Waals surface area contributed by atoms with Crippen LogP contribution in [0.1, 0.15) is 22.3 Å². The molecule has 12 N–H and O–H groups in total. The SMILES string of the molecule is O=S(=O)([O-])c1cc(Nc2nc(Cl)nc(Nc3ccc(S(=O)(=O)O)cc3)n2)ccc1C=Cc1ccc(Nc2nc(Cl)nc(Nc3ccc(S(=O)(=O)O)cc3)n2)cc1S(=O)(=O)[O-].O=S(=O)([O-])c1cc(Nc2nc(Cl)nc(Nc3ccc(S(=O)(=O)O)cc3)n2)ccc1C=Cc1ccc(Nc2nc(Cl)nc(Nc3ccc(S(=O)(=O)O)cc3)n2)cc1S(=O)(=O)[O-].[Na+].[Na+].[Na+].[Na+]. The van der Waals surface area contributed by atoms with Gasteiger partial charge in [-0.3, -0.25) is 18.2 Å². The summed E-state index contributed by atoms with van der Waals surface area (Å²) in [6.07, 6.45) is 4.36. The first-order valence-electron chi connectivity index (χ1n) is 31.9. The molecule has 0 fully saturated rings. The standard InChI is InChI=1S/2C32H24Cl2N10O12S4.4Na/c2*33-27-39-29(35-19-7-11-23(12-8-19)57(45,46)47)43-31(41-27)37-21-5-3-17(25(15-21)59(51,52)53)1-2-18-4-6-22(16-26(18)60(54,55)56)38-32-42-28(34)40-30(44-32)36-20-9-13-24(14-10-20)58(48,49)50;;;;/h2*1-16H,(H,45,46,47)(H,48,49,50)(H,51,52,53)(H,54,55,56)(H2,35,37,39,41,43)(H2,36,38,40,42,44);;;;/q;;4*+1/p-4. The van der Waals surface area contributed by atoms with E-state index in [4.69, 9.17) is 46.4 Å². The van der Waals surface area contributed by atoms with Gasteiger partial charge in [-0.2, -0.15) is 93.5 Å². The van der Waals surface area contributed by atoms with Crippen LogP contribution in [0.3, 0.4) is 0 Å². The van der Waals surface area contributed by atoms with Crippen LogP contribution in [0.5, 0.6) is 0 Å². The monoisotopic (exact) mass is 1960 g/mol. The maximum atomic E-state index is 12.4. The zero-order valence-corrected chi connectivity index (χ0v) is 80.1. The minimum Gasteiger partial charge on any atom is -0.744 e. The molecule has 0 aliphatic rings. The van der Waals surface area contributed by atoms with Gasteiger partial charge in [0.05, 0.1) is 39.2 Å². The second-order valence-electron chi connectivity index (χ2n) is 23.5. The average Bonchev–Trinajstić information content (AvgIpc) is 0.798. The summed E-state index contributed by atoms with van der Waals surface area (Å²) in [4.78, 5) is 43.2. The van der Waals surface area contributed by atoms with Gasteiger partial charge in [-0.1, -0.05) is 48.6 Å². The van der Waals surface area contributed by atoms with Crippen molar-refractivity contribution in [2.45, 2.75) is 39.2 Å². The molecule has 0 bridgehead atoms. The number of anilines is 16. The van der Waals surface area contributed by atoms with Crippen molar-refractivity contribution in [3.63, 3.8) is 0 Å². The third-order valence-electron chi connectivity index (χ3n) is 15.1. The first-order chi connectivity index (χ1) is 56.0. The predicted octanol–water partition coefficient (Wildman–Crippen LogP) is -2.36. The van der Waals surface area contributed by atoms with E-state index < -0.39 is 101 Å². The zero-order valence-electron chi connectivity index (χ0n) is 62.6. The molecule has 4 heterocycles. The summed E-state index contributed by atoms with van der Waals surface area (Å²) >= 11 is 24.1. The number of nitrogens with zero attached hydrogens (tertiary/aromatic N) is 12. The predicted molar refractivity (Wildman–Crippen MR) is 426 cm³/mol. The zero-order chi connectivity index (χ0) is 87.2. The maximum absolute atomic E-state index is 12.4. The van der Waals surface area contributed by atoms with Crippen LogP contribution in [-0.4, -0.2) is 164 Å². The molecule has 0 aliphatic heterocycles. The molecule has 0 radical (unpaired) electrons. The van der Waals surface area contributed by atoms with E-state index in [0.29, 0.717) is 0 Å². The molecule has 12 rings (SSSR count). The Morgan fingerprint density at radius 1 is 0.226 bits per heavy atom. The van der Waals surface area contributed by atoms with Crippen LogP contribution in [-0.2, 0) is 80.9 Å². The fourth-order valence-electron chi connectivity index (χ4n) is 9.95. The molecule has 0 spiro atoms. The largest absolute Gasteiger partial charge is 1.00 e. The Balaban J connectivity index is 0.000000330. The van der Waals surface area contributed by atoms with Gasteiger partial charge in [-0.25, -0.2) is 33.7 Å². The van der Waals surface area contributed by atoms with Crippen LogP contribution < -0.4 is 161 Å². The minimum atomic E-state index is -5.19. The Morgan fingerprint density at radius 2 is 0.363 bits per heavy atom. The van der Waals surface area contributed by atoms with Gasteiger partial charge in [-0.05, 0) is 214 Å². The van der Waals surface area contributed by atoms with E-state index in [1.54, 1.807) is 0 Å². The second kappa shape index (κ2) is 42.4. The molecule has 0 amide bonds. The van der Waals surface area contributed by atoms with Crippen LogP contribution in [0.4, 0.5) is 93.1 Å². The Hall–Kier alpha value is -7.88. The Morgan fingerprint density at radius 3 is 0.500 bits per heavy atom. The van der Waals surface area contributed by atoms with Crippen molar-refractivity contribution in [2.75, 3.05) is 42.5 Å². The number of hydrogen-bond donors (Lipinski definition) is 12. The molecule has 8 aromatic carbocycles. The van der Waals surface area contributed by atoms with Gasteiger partial charge < -0.3 is 60.7 Å². The van der Waals surface area contributed by atoms with Gasteiger partial charge in [0.1, 0.15) is 40.5 Å². The van der Waals surface area contributed by atoms with Gasteiger partial charge in [0.25, 0.3) is 40.5 Å². The van der Waals surface area contributed by atoms with Crippen molar-refractivity contribution in [3.05, 3.63) is 213 Å². The Kier molecular flexibility index (Phi) is 35.3. The van der Waals surface area contributed by atoms with Gasteiger partial charge in [-0.15, -0.1) is 0 Å². The normalized spacial score (nSPS) is 11.9. The molecule has 0 unspecified atom stereocenters. The molecule has 0 aliphatic carbocycles. The number of hydrogen-bond acceptors (Lipinski definition) is 40. The minimum absolute atomic E-state index is 0. The van der Waals surface area contributed by atoms with E-state index in [1.165, 1.54) is 97.1 Å². The Bertz CT molecular complexity index is 6290. The molecule has 0 atom stereocenters. The second-order valence-corrected chi connectivity index (χ2v) is 35.9. The summed E-state index contributed by atoms with van der Waals surface area (Å²) in [5.74, 6) is -1.42. The molecule has 124 heavy (non-hydrogen) atoms. The van der Waals surface area contributed by atoms with E-state index in [2.05, 4.69) is 102 Å². The smallest absolute Gasteiger partial charge is 0.744 e. The summed E-state index contributed by atoms with van der Waals surface area (Å²) < 4.78 is 275. The van der Waals surface area contributed by atoms with Gasteiger partial charge in [0.15, 0.2) is 0 Å². The molecular formula is C64H44Cl4N20Na4O24S8. The van der Waals surface area contributed by atoms with Gasteiger partial charge in [0, 0.05) is 45.5 Å². The summed E-state index contributed by atoms with van der Waals surface area (Å²) in [6, 6.07) is 33.2. The number of halogens is 4. The van der Waals surface area contributed by atoms with Crippen LogP contribution in [0.2, 0.25) is 21.1 Å². The van der Waals surface area contributed by atoms with Crippen molar-refractivity contribution in [3.8, 4) is 0 Å². The first kappa shape index (κ1) is 103. The van der Waals surface area contributed by atoms with Crippen LogP contribution in [0.15, 0.2) is 209 Å².